The molecule has 1 aromatic carbocycles. The van der Waals surface area contributed by atoms with Gasteiger partial charge in [0.15, 0.2) is 0 Å². The minimum atomic E-state index is -0.0956. The Morgan fingerprint density at radius 1 is 1.43 bits per heavy atom. The second-order valence-corrected chi connectivity index (χ2v) is 6.22. The van der Waals surface area contributed by atoms with Gasteiger partial charge in [-0.2, -0.15) is 0 Å². The zero-order valence-corrected chi connectivity index (χ0v) is 13.5. The summed E-state index contributed by atoms with van der Waals surface area (Å²) in [7, 11) is 0. The average molecular weight is 348 g/mol. The van der Waals surface area contributed by atoms with Crippen molar-refractivity contribution in [1.82, 2.24) is 9.88 Å². The van der Waals surface area contributed by atoms with Gasteiger partial charge in [-0.05, 0) is 25.5 Å². The number of hydrogen-bond donors (Lipinski definition) is 1. The number of pyridine rings is 1. The van der Waals surface area contributed by atoms with Gasteiger partial charge < -0.3 is 10.6 Å². The smallest absolute Gasteiger partial charge is 0.223 e. The van der Waals surface area contributed by atoms with E-state index < -0.39 is 0 Å². The highest BCUT2D eigenvalue weighted by Gasteiger charge is 2.35. The summed E-state index contributed by atoms with van der Waals surface area (Å²) in [6, 6.07) is 7.85. The third kappa shape index (κ3) is 2.45. The van der Waals surface area contributed by atoms with Crippen LogP contribution in [0.5, 0.6) is 0 Å². The summed E-state index contributed by atoms with van der Waals surface area (Å²) in [6.45, 7) is 2.67. The Labute approximate surface area is 132 Å². The molecule has 1 fully saturated rings. The molecule has 110 valence electrons. The summed E-state index contributed by atoms with van der Waals surface area (Å²) >= 11 is 3.56. The quantitative estimate of drug-likeness (QED) is 0.908. The van der Waals surface area contributed by atoms with Crippen molar-refractivity contribution in [3.63, 3.8) is 0 Å². The number of benzene rings is 1. The number of carbonyl (C=O) groups excluding carboxylic acids is 1. The monoisotopic (exact) mass is 347 g/mol. The summed E-state index contributed by atoms with van der Waals surface area (Å²) in [5.41, 5.74) is 8.29. The lowest BCUT2D eigenvalue weighted by Gasteiger charge is -2.39. The van der Waals surface area contributed by atoms with E-state index in [-0.39, 0.29) is 18.0 Å². The number of carbonyl (C=O) groups is 1. The molecule has 2 heterocycles. The van der Waals surface area contributed by atoms with Crippen molar-refractivity contribution in [3.8, 4) is 0 Å². The summed E-state index contributed by atoms with van der Waals surface area (Å²) in [6.07, 6.45) is 3.04. The number of likely N-dealkylation sites (tertiary alicyclic amines) is 1. The molecule has 4 nitrogen and oxygen atoms in total. The van der Waals surface area contributed by atoms with Crippen molar-refractivity contribution in [3.05, 3.63) is 40.5 Å². The molecule has 1 aliphatic heterocycles. The predicted octanol–water partition coefficient (Wildman–Crippen LogP) is 3.01. The molecule has 5 heteroatoms. The highest BCUT2D eigenvalue weighted by molar-refractivity contribution is 9.10. The molecule has 0 spiro atoms. The van der Waals surface area contributed by atoms with E-state index in [1.165, 1.54) is 0 Å². The van der Waals surface area contributed by atoms with Gasteiger partial charge in [-0.15, -0.1) is 0 Å². The van der Waals surface area contributed by atoms with Crippen LogP contribution in [0.1, 0.15) is 31.4 Å². The van der Waals surface area contributed by atoms with E-state index in [2.05, 4.69) is 20.9 Å². The maximum atomic E-state index is 12.2. The van der Waals surface area contributed by atoms with E-state index in [9.17, 15) is 4.79 Å². The number of amides is 1. The predicted molar refractivity (Wildman–Crippen MR) is 86.8 cm³/mol. The largest absolute Gasteiger partial charge is 0.334 e. The molecule has 0 bridgehead atoms. The van der Waals surface area contributed by atoms with Crippen LogP contribution < -0.4 is 5.73 Å². The molecular weight excluding hydrogens is 330 g/mol. The van der Waals surface area contributed by atoms with Gasteiger partial charge in [-0.3, -0.25) is 9.78 Å². The van der Waals surface area contributed by atoms with Crippen LogP contribution in [0.15, 0.2) is 34.9 Å². The van der Waals surface area contributed by atoms with Gasteiger partial charge in [0.25, 0.3) is 0 Å². The second-order valence-electron chi connectivity index (χ2n) is 5.36. The number of hydrogen-bond acceptors (Lipinski definition) is 3. The van der Waals surface area contributed by atoms with Crippen LogP contribution in [0, 0.1) is 0 Å². The van der Waals surface area contributed by atoms with Crippen LogP contribution >= 0.6 is 15.9 Å². The lowest BCUT2D eigenvalue weighted by molar-refractivity contribution is -0.137. The molecule has 1 aromatic heterocycles. The van der Waals surface area contributed by atoms with E-state index in [4.69, 9.17) is 5.73 Å². The minimum Gasteiger partial charge on any atom is -0.334 e. The van der Waals surface area contributed by atoms with Crippen molar-refractivity contribution < 1.29 is 4.79 Å². The zero-order chi connectivity index (χ0) is 15.0. The van der Waals surface area contributed by atoms with E-state index in [1.807, 2.05) is 36.1 Å². The van der Waals surface area contributed by atoms with E-state index in [1.54, 1.807) is 6.20 Å². The minimum absolute atomic E-state index is 0.0472. The fraction of sp³-hybridized carbons (Fsp3) is 0.375. The normalized spacial score (nSPS) is 22.8. The topological polar surface area (TPSA) is 59.2 Å². The van der Waals surface area contributed by atoms with Crippen molar-refractivity contribution >= 4 is 32.7 Å². The molecule has 1 saturated heterocycles. The second kappa shape index (κ2) is 5.73. The van der Waals surface area contributed by atoms with Crippen LogP contribution in [-0.2, 0) is 4.79 Å². The molecule has 3 rings (SSSR count). The molecule has 1 aliphatic rings. The molecule has 0 aliphatic carbocycles. The molecule has 0 radical (unpaired) electrons. The van der Waals surface area contributed by atoms with E-state index in [0.717, 1.165) is 27.4 Å². The molecule has 2 unspecified atom stereocenters. The average Bonchev–Trinajstić information content (AvgIpc) is 2.50. The zero-order valence-electron chi connectivity index (χ0n) is 11.9. The third-order valence-electron chi connectivity index (χ3n) is 4.16. The standard InChI is InChI=1S/C16H18BrN3O/c1-2-20-14(21)8-7-13(18)16(20)11-5-6-12(17)10-4-3-9-19-15(10)11/h3-6,9,13,16H,2,7-8,18H2,1H3. The Hall–Kier alpha value is -1.46. The van der Waals surface area contributed by atoms with Gasteiger partial charge in [-0.1, -0.05) is 28.1 Å². The Morgan fingerprint density at radius 2 is 2.24 bits per heavy atom. The summed E-state index contributed by atoms with van der Waals surface area (Å²) < 4.78 is 1.01. The maximum absolute atomic E-state index is 12.2. The Morgan fingerprint density at radius 3 is 3.00 bits per heavy atom. The van der Waals surface area contributed by atoms with Gasteiger partial charge in [0, 0.05) is 40.6 Å². The molecular formula is C16H18BrN3O. The summed E-state index contributed by atoms with van der Waals surface area (Å²) in [5, 5.41) is 1.05. The van der Waals surface area contributed by atoms with Gasteiger partial charge in [0.05, 0.1) is 11.6 Å². The first-order chi connectivity index (χ1) is 10.1. The molecule has 2 atom stereocenters. The number of nitrogens with two attached hydrogens (primary N) is 1. The maximum Gasteiger partial charge on any atom is 0.223 e. The molecule has 2 aromatic rings. The van der Waals surface area contributed by atoms with Crippen molar-refractivity contribution in [2.24, 2.45) is 5.73 Å². The number of nitrogens with zero attached hydrogens (tertiary/aromatic N) is 2. The Bertz CT molecular complexity index is 688. The number of halogens is 1. The Balaban J connectivity index is 2.18. The fourth-order valence-corrected chi connectivity index (χ4v) is 3.60. The lowest BCUT2D eigenvalue weighted by Crippen LogP contribution is -2.48. The van der Waals surface area contributed by atoms with Crippen LogP contribution in [-0.4, -0.2) is 28.4 Å². The number of aromatic nitrogens is 1. The fourth-order valence-electron chi connectivity index (χ4n) is 3.15. The van der Waals surface area contributed by atoms with Crippen molar-refractivity contribution in [1.29, 1.82) is 0 Å². The molecule has 21 heavy (non-hydrogen) atoms. The molecule has 1 amide bonds. The first-order valence-electron chi connectivity index (χ1n) is 7.21. The van der Waals surface area contributed by atoms with Gasteiger partial charge in [0.1, 0.15) is 0 Å². The van der Waals surface area contributed by atoms with Crippen LogP contribution in [0.4, 0.5) is 0 Å². The highest BCUT2D eigenvalue weighted by Crippen LogP contribution is 2.36. The van der Waals surface area contributed by atoms with Crippen molar-refractivity contribution in [2.75, 3.05) is 6.54 Å². The molecule has 2 N–H and O–H groups in total. The SMILES string of the molecule is CCN1C(=O)CCC(N)C1c1ccc(Br)c2cccnc12. The van der Waals surface area contributed by atoms with Crippen LogP contribution in [0.2, 0.25) is 0 Å². The lowest BCUT2D eigenvalue weighted by atomic mass is 9.89. The van der Waals surface area contributed by atoms with Crippen molar-refractivity contribution in [2.45, 2.75) is 31.8 Å². The van der Waals surface area contributed by atoms with E-state index in [0.29, 0.717) is 13.0 Å². The first-order valence-corrected chi connectivity index (χ1v) is 8.01. The van der Waals surface area contributed by atoms with Gasteiger partial charge >= 0.3 is 0 Å². The summed E-state index contributed by atoms with van der Waals surface area (Å²) in [4.78, 5) is 18.6. The number of fused-ring (bicyclic) bond motifs is 1. The van der Waals surface area contributed by atoms with Gasteiger partial charge in [0.2, 0.25) is 5.91 Å². The highest BCUT2D eigenvalue weighted by atomic mass is 79.9. The van der Waals surface area contributed by atoms with Crippen LogP contribution in [0.3, 0.4) is 0 Å². The number of likely N-dealkylation sites (N-methyl/N-ethyl adjacent to an activating group) is 1. The van der Waals surface area contributed by atoms with Crippen LogP contribution in [0.25, 0.3) is 10.9 Å². The summed E-state index contributed by atoms with van der Waals surface area (Å²) in [5.74, 6) is 0.177. The van der Waals surface area contributed by atoms with E-state index >= 15 is 0 Å². The first kappa shape index (κ1) is 14.5. The van der Waals surface area contributed by atoms with Gasteiger partial charge in [-0.25, -0.2) is 0 Å². The molecule has 0 saturated carbocycles. The number of rotatable bonds is 2. The third-order valence-corrected chi connectivity index (χ3v) is 4.85. The Kier molecular flexibility index (Phi) is 3.95. The number of piperidine rings is 1.